The molecule has 0 fully saturated rings. The molecule has 0 aliphatic heterocycles. The number of allylic oxidation sites excluding steroid dienone is 2. The average Bonchev–Trinajstić information content (AvgIpc) is 2.47. The molecular weight excluding hydrogens is 217 g/mol. The van der Waals surface area contributed by atoms with Gasteiger partial charge in [0.2, 0.25) is 7.98 Å². The van der Waals surface area contributed by atoms with Crippen LogP contribution in [0.25, 0.3) is 10.8 Å². The summed E-state index contributed by atoms with van der Waals surface area (Å²) in [7, 11) is 6.28. The number of benzene rings is 2. The highest BCUT2D eigenvalue weighted by atomic mass is 15.1. The molecule has 2 heteroatoms. The molecule has 1 atom stereocenters. The van der Waals surface area contributed by atoms with Gasteiger partial charge in [0.1, 0.15) is 0 Å². The molecule has 0 saturated carbocycles. The zero-order valence-corrected chi connectivity index (χ0v) is 10.2. The SMILES string of the molecule is [B]N(c1cccc2ccccc12)C1C=CC=CC1. The Morgan fingerprint density at radius 2 is 1.83 bits per heavy atom. The molecule has 86 valence electrons. The van der Waals surface area contributed by atoms with Crippen LogP contribution in [0.2, 0.25) is 0 Å². The van der Waals surface area contributed by atoms with Crippen LogP contribution in [-0.4, -0.2) is 14.0 Å². The lowest BCUT2D eigenvalue weighted by Crippen LogP contribution is -2.31. The lowest BCUT2D eigenvalue weighted by atomic mass is 9.99. The summed E-state index contributed by atoms with van der Waals surface area (Å²) in [4.78, 5) is 1.86. The van der Waals surface area contributed by atoms with Crippen LogP contribution in [-0.2, 0) is 0 Å². The van der Waals surface area contributed by atoms with E-state index in [9.17, 15) is 0 Å². The summed E-state index contributed by atoms with van der Waals surface area (Å²) in [5, 5.41) is 2.42. The Kier molecular flexibility index (Phi) is 2.93. The number of anilines is 1. The van der Waals surface area contributed by atoms with Crippen molar-refractivity contribution >= 4 is 24.4 Å². The van der Waals surface area contributed by atoms with Gasteiger partial charge in [0.25, 0.3) is 0 Å². The summed E-state index contributed by atoms with van der Waals surface area (Å²) in [6.45, 7) is 0. The van der Waals surface area contributed by atoms with E-state index in [1.807, 2.05) is 4.81 Å². The van der Waals surface area contributed by atoms with Gasteiger partial charge in [0.15, 0.2) is 0 Å². The van der Waals surface area contributed by atoms with E-state index in [1.165, 1.54) is 10.8 Å². The summed E-state index contributed by atoms with van der Waals surface area (Å²) < 4.78 is 0. The second-order valence-electron chi connectivity index (χ2n) is 4.52. The molecule has 0 saturated heterocycles. The van der Waals surface area contributed by atoms with Crippen LogP contribution in [0.3, 0.4) is 0 Å². The van der Waals surface area contributed by atoms with Crippen molar-refractivity contribution in [1.29, 1.82) is 0 Å². The summed E-state index contributed by atoms with van der Waals surface area (Å²) in [5.41, 5.74) is 1.08. The number of rotatable bonds is 2. The molecule has 1 unspecified atom stereocenters. The molecule has 1 aliphatic rings. The van der Waals surface area contributed by atoms with Gasteiger partial charge in [0, 0.05) is 17.1 Å². The number of fused-ring (bicyclic) bond motifs is 1. The van der Waals surface area contributed by atoms with Gasteiger partial charge in [-0.2, -0.15) is 0 Å². The average molecular weight is 231 g/mol. The minimum atomic E-state index is 0.237. The Bertz CT molecular complexity index is 610. The molecular formula is C16H14BN. The zero-order chi connectivity index (χ0) is 12.4. The van der Waals surface area contributed by atoms with Crippen molar-refractivity contribution in [2.45, 2.75) is 12.5 Å². The first-order valence-corrected chi connectivity index (χ1v) is 6.21. The number of nitrogens with zero attached hydrogens (tertiary/aromatic N) is 1. The molecule has 1 nitrogen and oxygen atoms in total. The monoisotopic (exact) mass is 231 g/mol. The minimum Gasteiger partial charge on any atom is -0.418 e. The van der Waals surface area contributed by atoms with E-state index in [-0.39, 0.29) is 6.04 Å². The largest absolute Gasteiger partial charge is 0.418 e. The first-order chi connectivity index (χ1) is 8.86. The first kappa shape index (κ1) is 11.2. The fourth-order valence-corrected chi connectivity index (χ4v) is 2.39. The molecule has 0 amide bonds. The van der Waals surface area contributed by atoms with Crippen molar-refractivity contribution < 1.29 is 0 Å². The molecule has 0 aromatic heterocycles. The maximum atomic E-state index is 6.28. The van der Waals surface area contributed by atoms with Gasteiger partial charge in [-0.25, -0.2) is 0 Å². The van der Waals surface area contributed by atoms with Crippen molar-refractivity contribution in [1.82, 2.24) is 0 Å². The Labute approximate surface area is 109 Å². The molecule has 18 heavy (non-hydrogen) atoms. The van der Waals surface area contributed by atoms with E-state index in [2.05, 4.69) is 66.8 Å². The highest BCUT2D eigenvalue weighted by molar-refractivity contribution is 6.21. The third kappa shape index (κ3) is 1.95. The zero-order valence-electron chi connectivity index (χ0n) is 10.2. The van der Waals surface area contributed by atoms with Crippen LogP contribution in [0, 0.1) is 0 Å². The first-order valence-electron chi connectivity index (χ1n) is 6.21. The van der Waals surface area contributed by atoms with Crippen molar-refractivity contribution in [2.75, 3.05) is 4.81 Å². The Morgan fingerprint density at radius 3 is 2.67 bits per heavy atom. The van der Waals surface area contributed by atoms with Crippen molar-refractivity contribution in [3.63, 3.8) is 0 Å². The smallest absolute Gasteiger partial charge is 0.227 e. The normalized spacial score (nSPS) is 18.1. The molecule has 1 aliphatic carbocycles. The standard InChI is InChI=1S/C16H14BN/c17-18(14-9-2-1-3-10-14)16-12-6-8-13-7-4-5-11-15(13)16/h1-9,11-12,14H,10H2. The lowest BCUT2D eigenvalue weighted by Gasteiger charge is -2.30. The third-order valence-corrected chi connectivity index (χ3v) is 3.36. The van der Waals surface area contributed by atoms with Crippen molar-refractivity contribution in [3.8, 4) is 0 Å². The van der Waals surface area contributed by atoms with Crippen LogP contribution in [0.15, 0.2) is 66.8 Å². The van der Waals surface area contributed by atoms with E-state index >= 15 is 0 Å². The summed E-state index contributed by atoms with van der Waals surface area (Å²) in [6.07, 6.45) is 9.36. The maximum Gasteiger partial charge on any atom is 0.227 e. The fraction of sp³-hybridized carbons (Fsp3) is 0.125. The minimum absolute atomic E-state index is 0.237. The molecule has 0 bridgehead atoms. The van der Waals surface area contributed by atoms with Gasteiger partial charge >= 0.3 is 0 Å². The highest BCUT2D eigenvalue weighted by Crippen LogP contribution is 2.28. The second kappa shape index (κ2) is 4.73. The van der Waals surface area contributed by atoms with E-state index in [0.29, 0.717) is 0 Å². The van der Waals surface area contributed by atoms with Gasteiger partial charge in [-0.05, 0) is 17.9 Å². The van der Waals surface area contributed by atoms with Crippen molar-refractivity contribution in [2.24, 2.45) is 0 Å². The Hall–Kier alpha value is -1.96. The summed E-state index contributed by atoms with van der Waals surface area (Å²) in [5.74, 6) is 0. The summed E-state index contributed by atoms with van der Waals surface area (Å²) in [6, 6.07) is 14.8. The second-order valence-corrected chi connectivity index (χ2v) is 4.52. The van der Waals surface area contributed by atoms with Crippen LogP contribution < -0.4 is 4.81 Å². The molecule has 2 aromatic rings. The van der Waals surface area contributed by atoms with Crippen LogP contribution in [0.4, 0.5) is 5.69 Å². The van der Waals surface area contributed by atoms with E-state index in [4.69, 9.17) is 7.98 Å². The number of hydrogen-bond acceptors (Lipinski definition) is 1. The quantitative estimate of drug-likeness (QED) is 0.713. The molecule has 3 rings (SSSR count). The number of hydrogen-bond donors (Lipinski definition) is 0. The molecule has 0 spiro atoms. The van der Waals surface area contributed by atoms with E-state index in [1.54, 1.807) is 0 Å². The highest BCUT2D eigenvalue weighted by Gasteiger charge is 2.13. The fourth-order valence-electron chi connectivity index (χ4n) is 2.39. The van der Waals surface area contributed by atoms with E-state index < -0.39 is 0 Å². The van der Waals surface area contributed by atoms with Gasteiger partial charge in [-0.3, -0.25) is 0 Å². The Morgan fingerprint density at radius 1 is 1.00 bits per heavy atom. The van der Waals surface area contributed by atoms with Crippen LogP contribution in [0.1, 0.15) is 6.42 Å². The predicted molar refractivity (Wildman–Crippen MR) is 78.9 cm³/mol. The molecule has 0 N–H and O–H groups in total. The van der Waals surface area contributed by atoms with Gasteiger partial charge in [0.05, 0.1) is 0 Å². The summed E-state index contributed by atoms with van der Waals surface area (Å²) >= 11 is 0. The molecule has 0 heterocycles. The topological polar surface area (TPSA) is 3.24 Å². The van der Waals surface area contributed by atoms with Gasteiger partial charge in [-0.15, -0.1) is 0 Å². The molecule has 2 aromatic carbocycles. The van der Waals surface area contributed by atoms with Crippen LogP contribution >= 0.6 is 0 Å². The third-order valence-electron chi connectivity index (χ3n) is 3.36. The predicted octanol–water partition coefficient (Wildman–Crippen LogP) is 3.61. The van der Waals surface area contributed by atoms with Crippen LogP contribution in [0.5, 0.6) is 0 Å². The maximum absolute atomic E-state index is 6.28. The Balaban J connectivity index is 2.03. The lowest BCUT2D eigenvalue weighted by molar-refractivity contribution is 0.823. The van der Waals surface area contributed by atoms with Gasteiger partial charge in [-0.1, -0.05) is 60.7 Å². The van der Waals surface area contributed by atoms with E-state index in [0.717, 1.165) is 12.1 Å². The van der Waals surface area contributed by atoms with Crippen molar-refractivity contribution in [3.05, 3.63) is 66.8 Å². The van der Waals surface area contributed by atoms with Gasteiger partial charge < -0.3 is 4.81 Å². The molecule has 2 radical (unpaired) electrons.